The number of unbranched alkanes of at least 4 members (excludes halogenated alkanes) is 19. The number of hydrogen-bond acceptors (Lipinski definition) is 6. The van der Waals surface area contributed by atoms with Crippen LogP contribution in [-0.4, -0.2) is 37.2 Å². The van der Waals surface area contributed by atoms with Crippen LogP contribution in [0.25, 0.3) is 0 Å². The van der Waals surface area contributed by atoms with E-state index in [1.165, 1.54) is 64.2 Å². The average molecular weight is 970 g/mol. The molecule has 396 valence electrons. The molecular weight excluding hydrogens is 865 g/mol. The fraction of sp³-hybridized carbons (Fsp3) is 0.641. The van der Waals surface area contributed by atoms with E-state index >= 15 is 0 Å². The standard InChI is InChI=1S/C64H104O6/c1-4-7-10-13-16-19-22-24-26-28-29-30-31-32-33-34-35-37-38-40-42-45-48-51-54-57-63(66)69-60-61(59-68-62(65)56-53-50-47-44-21-18-15-12-9-6-3)70-64(67)58-55-52-49-46-43-41-39-36-27-25-23-20-17-14-11-8-5-2/h7,10,12,15-17,19-20,24-27,29-30,32-33,35,37,40,42,61H,4-6,8-9,11,13-14,18,21-23,28,31,34,36,38-39,41,43-60H2,1-3H3/b10-7-,15-12-,19-16-,20-17-,26-24-,27-25-,30-29-,33-32-,37-35-,42-40-. The molecule has 1 unspecified atom stereocenters. The Bertz CT molecular complexity index is 1490. The molecule has 0 N–H and O–H groups in total. The van der Waals surface area contributed by atoms with Gasteiger partial charge in [-0.2, -0.15) is 0 Å². The van der Waals surface area contributed by atoms with Crippen LogP contribution in [0.15, 0.2) is 122 Å². The third kappa shape index (κ3) is 54.7. The van der Waals surface area contributed by atoms with E-state index in [2.05, 4.69) is 142 Å². The van der Waals surface area contributed by atoms with Crippen molar-refractivity contribution in [3.05, 3.63) is 122 Å². The molecule has 0 aliphatic carbocycles. The fourth-order valence-corrected chi connectivity index (χ4v) is 7.39. The smallest absolute Gasteiger partial charge is 0.306 e. The molecule has 0 aromatic rings. The largest absolute Gasteiger partial charge is 0.462 e. The second-order valence-corrected chi connectivity index (χ2v) is 18.5. The zero-order valence-electron chi connectivity index (χ0n) is 45.2. The number of carbonyl (C=O) groups is 3. The molecule has 0 rings (SSSR count). The Hall–Kier alpha value is -4.19. The molecule has 0 fully saturated rings. The molecule has 0 aromatic carbocycles. The Labute approximate surface area is 431 Å². The van der Waals surface area contributed by atoms with Gasteiger partial charge in [-0.25, -0.2) is 0 Å². The second-order valence-electron chi connectivity index (χ2n) is 18.5. The Morgan fingerprint density at radius 2 is 0.586 bits per heavy atom. The lowest BCUT2D eigenvalue weighted by Gasteiger charge is -2.18. The number of rotatable bonds is 50. The van der Waals surface area contributed by atoms with Gasteiger partial charge in [-0.05, 0) is 128 Å². The van der Waals surface area contributed by atoms with Crippen molar-refractivity contribution in [2.24, 2.45) is 0 Å². The summed E-state index contributed by atoms with van der Waals surface area (Å²) in [6.07, 6.45) is 79.1. The summed E-state index contributed by atoms with van der Waals surface area (Å²) < 4.78 is 16.8. The van der Waals surface area contributed by atoms with Gasteiger partial charge in [0, 0.05) is 19.3 Å². The molecule has 0 aromatic heterocycles. The zero-order valence-corrected chi connectivity index (χ0v) is 45.2. The lowest BCUT2D eigenvalue weighted by atomic mass is 10.1. The molecule has 0 amide bonds. The summed E-state index contributed by atoms with van der Waals surface area (Å²) in [6.45, 7) is 6.39. The molecule has 0 radical (unpaired) electrons. The van der Waals surface area contributed by atoms with Gasteiger partial charge in [0.25, 0.3) is 0 Å². The molecule has 0 aliphatic heterocycles. The van der Waals surface area contributed by atoms with Crippen LogP contribution < -0.4 is 0 Å². The molecule has 0 bridgehead atoms. The molecule has 0 spiro atoms. The van der Waals surface area contributed by atoms with Crippen molar-refractivity contribution in [2.75, 3.05) is 13.2 Å². The third-order valence-electron chi connectivity index (χ3n) is 11.7. The lowest BCUT2D eigenvalue weighted by molar-refractivity contribution is -0.167. The number of esters is 3. The number of ether oxygens (including phenoxy) is 3. The molecular formula is C64H104O6. The molecule has 0 aliphatic rings. The molecule has 6 nitrogen and oxygen atoms in total. The van der Waals surface area contributed by atoms with Gasteiger partial charge in [0.15, 0.2) is 6.10 Å². The van der Waals surface area contributed by atoms with Gasteiger partial charge in [0.05, 0.1) is 0 Å². The fourth-order valence-electron chi connectivity index (χ4n) is 7.39. The van der Waals surface area contributed by atoms with E-state index in [1.807, 2.05) is 0 Å². The van der Waals surface area contributed by atoms with Gasteiger partial charge in [-0.1, -0.05) is 219 Å². The van der Waals surface area contributed by atoms with Crippen LogP contribution in [0.3, 0.4) is 0 Å². The Balaban J connectivity index is 4.40. The van der Waals surface area contributed by atoms with Crippen LogP contribution in [0, 0.1) is 0 Å². The molecule has 70 heavy (non-hydrogen) atoms. The summed E-state index contributed by atoms with van der Waals surface area (Å²) in [5.41, 5.74) is 0. The maximum atomic E-state index is 12.8. The average Bonchev–Trinajstić information content (AvgIpc) is 3.36. The highest BCUT2D eigenvalue weighted by atomic mass is 16.6. The number of hydrogen-bond donors (Lipinski definition) is 0. The van der Waals surface area contributed by atoms with Gasteiger partial charge in [0.1, 0.15) is 13.2 Å². The van der Waals surface area contributed by atoms with Crippen LogP contribution in [-0.2, 0) is 28.6 Å². The van der Waals surface area contributed by atoms with E-state index in [0.717, 1.165) is 141 Å². The van der Waals surface area contributed by atoms with Gasteiger partial charge in [0.2, 0.25) is 0 Å². The summed E-state index contributed by atoms with van der Waals surface area (Å²) in [4.78, 5) is 38.1. The quantitative estimate of drug-likeness (QED) is 0.0262. The van der Waals surface area contributed by atoms with E-state index < -0.39 is 6.10 Å². The minimum atomic E-state index is -0.802. The Kier molecular flexibility index (Phi) is 54.0. The molecule has 0 saturated carbocycles. The molecule has 0 heterocycles. The summed E-state index contributed by atoms with van der Waals surface area (Å²) in [6, 6.07) is 0. The van der Waals surface area contributed by atoms with Crippen LogP contribution in [0.2, 0.25) is 0 Å². The van der Waals surface area contributed by atoms with Gasteiger partial charge < -0.3 is 14.2 Å². The van der Waals surface area contributed by atoms with Crippen LogP contribution >= 0.6 is 0 Å². The predicted molar refractivity (Wildman–Crippen MR) is 302 cm³/mol. The van der Waals surface area contributed by atoms with Gasteiger partial charge >= 0.3 is 17.9 Å². The number of carbonyl (C=O) groups excluding carboxylic acids is 3. The van der Waals surface area contributed by atoms with Crippen LogP contribution in [0.1, 0.15) is 245 Å². The normalized spacial score (nSPS) is 13.0. The van der Waals surface area contributed by atoms with E-state index in [0.29, 0.717) is 19.3 Å². The summed E-state index contributed by atoms with van der Waals surface area (Å²) in [7, 11) is 0. The summed E-state index contributed by atoms with van der Waals surface area (Å²) in [5, 5.41) is 0. The topological polar surface area (TPSA) is 78.9 Å². The zero-order chi connectivity index (χ0) is 50.7. The van der Waals surface area contributed by atoms with Crippen molar-refractivity contribution in [2.45, 2.75) is 252 Å². The van der Waals surface area contributed by atoms with Crippen LogP contribution in [0.5, 0.6) is 0 Å². The van der Waals surface area contributed by atoms with E-state index in [1.54, 1.807) is 0 Å². The first kappa shape index (κ1) is 65.8. The monoisotopic (exact) mass is 969 g/mol. The van der Waals surface area contributed by atoms with Crippen molar-refractivity contribution >= 4 is 17.9 Å². The van der Waals surface area contributed by atoms with Crippen molar-refractivity contribution in [1.29, 1.82) is 0 Å². The second kappa shape index (κ2) is 57.4. The van der Waals surface area contributed by atoms with Crippen molar-refractivity contribution in [3.8, 4) is 0 Å². The molecule has 1 atom stereocenters. The number of allylic oxidation sites excluding steroid dienone is 20. The van der Waals surface area contributed by atoms with Crippen molar-refractivity contribution < 1.29 is 28.6 Å². The van der Waals surface area contributed by atoms with E-state index in [-0.39, 0.29) is 31.1 Å². The maximum absolute atomic E-state index is 12.8. The summed E-state index contributed by atoms with van der Waals surface area (Å²) in [5.74, 6) is -0.955. The Morgan fingerprint density at radius 3 is 0.957 bits per heavy atom. The minimum Gasteiger partial charge on any atom is -0.462 e. The summed E-state index contributed by atoms with van der Waals surface area (Å²) >= 11 is 0. The SMILES string of the molecule is CC/C=C\C/C=C\C/C=C\C/C=C\C/C=C\C/C=C\C/C=C\CCCCCC(=O)OCC(COC(=O)CCCCCCC/C=C\CCC)OC(=O)CCCCCCCCC/C=C\C/C=C\CCCCC. The van der Waals surface area contributed by atoms with Crippen molar-refractivity contribution in [1.82, 2.24) is 0 Å². The van der Waals surface area contributed by atoms with Crippen molar-refractivity contribution in [3.63, 3.8) is 0 Å². The van der Waals surface area contributed by atoms with Crippen LogP contribution in [0.4, 0.5) is 0 Å². The molecule has 6 heteroatoms. The lowest BCUT2D eigenvalue weighted by Crippen LogP contribution is -2.30. The van der Waals surface area contributed by atoms with Gasteiger partial charge in [-0.15, -0.1) is 0 Å². The first-order valence-corrected chi connectivity index (χ1v) is 28.5. The first-order valence-electron chi connectivity index (χ1n) is 28.5. The highest BCUT2D eigenvalue weighted by Crippen LogP contribution is 2.14. The highest BCUT2D eigenvalue weighted by molar-refractivity contribution is 5.71. The highest BCUT2D eigenvalue weighted by Gasteiger charge is 2.19. The maximum Gasteiger partial charge on any atom is 0.306 e. The minimum absolute atomic E-state index is 0.0994. The molecule has 0 saturated heterocycles. The third-order valence-corrected chi connectivity index (χ3v) is 11.7. The van der Waals surface area contributed by atoms with E-state index in [4.69, 9.17) is 14.2 Å². The predicted octanol–water partition coefficient (Wildman–Crippen LogP) is 19.3. The van der Waals surface area contributed by atoms with E-state index in [9.17, 15) is 14.4 Å². The first-order chi connectivity index (χ1) is 34.5. The van der Waals surface area contributed by atoms with Gasteiger partial charge in [-0.3, -0.25) is 14.4 Å². The Morgan fingerprint density at radius 1 is 0.300 bits per heavy atom.